The number of benzene rings is 2. The highest BCUT2D eigenvalue weighted by molar-refractivity contribution is 5.92. The highest BCUT2D eigenvalue weighted by atomic mass is 16.6. The normalized spacial score (nSPS) is 23.9. The molecule has 0 saturated heterocycles. The minimum Gasteiger partial charge on any atom is -0.444 e. The number of hydrogen-bond donors (Lipinski definition) is 4. The molecule has 0 spiro atoms. The topological polar surface area (TPSA) is 130 Å². The van der Waals surface area contributed by atoms with Crippen LogP contribution in [0.15, 0.2) is 66.9 Å². The van der Waals surface area contributed by atoms with Gasteiger partial charge in [0.1, 0.15) is 11.4 Å². The summed E-state index contributed by atoms with van der Waals surface area (Å²) in [6, 6.07) is 20.1. The molecule has 9 heteroatoms. The summed E-state index contributed by atoms with van der Waals surface area (Å²) < 4.78 is 5.54. The maximum absolute atomic E-state index is 13.2. The highest BCUT2D eigenvalue weighted by Gasteiger charge is 2.53. The molecule has 2 fully saturated rings. The molecule has 3 amide bonds. The van der Waals surface area contributed by atoms with E-state index in [1.165, 1.54) is 0 Å². The Bertz CT molecular complexity index is 1640. The largest absolute Gasteiger partial charge is 0.444 e. The van der Waals surface area contributed by atoms with Crippen molar-refractivity contribution in [1.82, 2.24) is 15.6 Å². The number of hydrogen-bond acceptors (Lipinski definition) is 6. The molecule has 9 nitrogen and oxygen atoms in total. The van der Waals surface area contributed by atoms with Gasteiger partial charge in [0.25, 0.3) is 0 Å². The zero-order chi connectivity index (χ0) is 35.6. The Morgan fingerprint density at radius 3 is 2.06 bits per heavy atom. The summed E-state index contributed by atoms with van der Waals surface area (Å²) in [5, 5.41) is 19.9. The van der Waals surface area contributed by atoms with Gasteiger partial charge in [0.2, 0.25) is 11.8 Å². The number of carbonyl (C=O) groups excluding carboxylic acids is 3. The summed E-state index contributed by atoms with van der Waals surface area (Å²) in [5.41, 5.74) is 1.97. The number of alkyl carbamates (subject to hydrolysis) is 1. The van der Waals surface area contributed by atoms with Gasteiger partial charge in [-0.2, -0.15) is 0 Å². The number of pyridine rings is 1. The molecule has 5 rings (SSSR count). The molecule has 262 valence electrons. The molecule has 3 aromatic rings. The van der Waals surface area contributed by atoms with Crippen LogP contribution in [0.3, 0.4) is 0 Å². The van der Waals surface area contributed by atoms with E-state index in [-0.39, 0.29) is 23.8 Å². The van der Waals surface area contributed by atoms with Crippen LogP contribution in [0.5, 0.6) is 0 Å². The van der Waals surface area contributed by atoms with E-state index in [0.29, 0.717) is 25.1 Å². The molecule has 2 aromatic carbocycles. The fraction of sp³-hybridized carbons (Fsp3) is 0.500. The molecule has 1 aromatic heterocycles. The van der Waals surface area contributed by atoms with Gasteiger partial charge in [-0.1, -0.05) is 75.4 Å². The SMILES string of the molecule is CC1(O)CC(NC(=O)OC(C)(C)C)(c2ccc(-c3cnc(NC(=O)CC4CCC(NC(=O)C(C)(C)C)CC4)cc3-c3ccccc3)cc2)C1. The maximum atomic E-state index is 13.2. The Labute approximate surface area is 290 Å². The summed E-state index contributed by atoms with van der Waals surface area (Å²) in [5.74, 6) is 0.763. The summed E-state index contributed by atoms with van der Waals surface area (Å²) in [6.07, 6.45) is 5.98. The molecular formula is C40H52N4O5. The molecule has 4 N–H and O–H groups in total. The van der Waals surface area contributed by atoms with Crippen LogP contribution in [0.4, 0.5) is 10.6 Å². The molecule has 1 heterocycles. The second kappa shape index (κ2) is 13.9. The molecule has 2 aliphatic rings. The first kappa shape index (κ1) is 36.1. The van der Waals surface area contributed by atoms with Crippen molar-refractivity contribution in [1.29, 1.82) is 0 Å². The summed E-state index contributed by atoms with van der Waals surface area (Å²) in [4.78, 5) is 43.0. The lowest BCUT2D eigenvalue weighted by atomic mass is 9.62. The summed E-state index contributed by atoms with van der Waals surface area (Å²) >= 11 is 0. The van der Waals surface area contributed by atoms with Gasteiger partial charge in [-0.25, -0.2) is 9.78 Å². The fourth-order valence-corrected chi connectivity index (χ4v) is 7.06. The second-order valence-corrected chi connectivity index (χ2v) is 16.3. The van der Waals surface area contributed by atoms with Crippen molar-refractivity contribution < 1.29 is 24.2 Å². The minimum absolute atomic E-state index is 0.0649. The third kappa shape index (κ3) is 9.26. The van der Waals surface area contributed by atoms with Crippen LogP contribution in [-0.2, 0) is 19.9 Å². The number of rotatable bonds is 8. The van der Waals surface area contributed by atoms with Gasteiger partial charge in [0.05, 0.1) is 11.1 Å². The zero-order valence-corrected chi connectivity index (χ0v) is 30.0. The van der Waals surface area contributed by atoms with Gasteiger partial charge < -0.3 is 25.8 Å². The average Bonchev–Trinajstić information content (AvgIpc) is 3.00. The Kier molecular flexibility index (Phi) is 10.3. The van der Waals surface area contributed by atoms with Crippen LogP contribution in [0.2, 0.25) is 0 Å². The number of nitrogens with zero attached hydrogens (tertiary/aromatic N) is 1. The molecule has 0 atom stereocenters. The standard InChI is InChI=1S/C40H52N4O5/c1-37(2,3)35(46)42-30-19-13-26(14-20-30)21-34(45)43-33-22-31(27-11-9-8-10-12-27)32(23-41-33)28-15-17-29(18-16-28)40(24-39(7,48)25-40)44-36(47)49-38(4,5)6/h8-12,15-18,22-23,26,30,48H,13-14,19-21,24-25H2,1-7H3,(H,42,46)(H,44,47)(H,41,43,45). The first-order chi connectivity index (χ1) is 22.9. The molecule has 0 aliphatic heterocycles. The van der Waals surface area contributed by atoms with Crippen molar-refractivity contribution in [2.45, 2.75) is 116 Å². The highest BCUT2D eigenvalue weighted by Crippen LogP contribution is 2.49. The number of carbonyl (C=O) groups is 3. The van der Waals surface area contributed by atoms with E-state index in [0.717, 1.165) is 53.5 Å². The maximum Gasteiger partial charge on any atom is 0.408 e. The number of aliphatic hydroxyl groups is 1. The zero-order valence-electron chi connectivity index (χ0n) is 30.0. The van der Waals surface area contributed by atoms with Crippen molar-refractivity contribution in [2.24, 2.45) is 11.3 Å². The van der Waals surface area contributed by atoms with Crippen molar-refractivity contribution in [3.05, 3.63) is 72.4 Å². The number of anilines is 1. The molecule has 0 bridgehead atoms. The van der Waals surface area contributed by atoms with Crippen LogP contribution >= 0.6 is 0 Å². The van der Waals surface area contributed by atoms with E-state index in [1.807, 2.05) is 102 Å². The Balaban J connectivity index is 1.30. The Morgan fingerprint density at radius 1 is 0.878 bits per heavy atom. The molecule has 2 aliphatic carbocycles. The lowest BCUT2D eigenvalue weighted by Crippen LogP contribution is -2.62. The molecule has 0 radical (unpaired) electrons. The van der Waals surface area contributed by atoms with Gasteiger partial charge in [-0.15, -0.1) is 0 Å². The first-order valence-corrected chi connectivity index (χ1v) is 17.4. The van der Waals surface area contributed by atoms with Crippen molar-refractivity contribution in [2.75, 3.05) is 5.32 Å². The van der Waals surface area contributed by atoms with E-state index in [9.17, 15) is 19.5 Å². The monoisotopic (exact) mass is 668 g/mol. The Hall–Kier alpha value is -4.24. The summed E-state index contributed by atoms with van der Waals surface area (Å²) in [6.45, 7) is 13.0. The number of aromatic nitrogens is 1. The van der Waals surface area contributed by atoms with Crippen molar-refractivity contribution in [3.63, 3.8) is 0 Å². The van der Waals surface area contributed by atoms with Crippen molar-refractivity contribution in [3.8, 4) is 22.3 Å². The van der Waals surface area contributed by atoms with E-state index in [1.54, 1.807) is 13.1 Å². The lowest BCUT2D eigenvalue weighted by Gasteiger charge is -2.52. The van der Waals surface area contributed by atoms with Gasteiger partial charge in [0.15, 0.2) is 0 Å². The third-order valence-electron chi connectivity index (χ3n) is 9.45. The lowest BCUT2D eigenvalue weighted by molar-refractivity contribution is -0.129. The summed E-state index contributed by atoms with van der Waals surface area (Å²) in [7, 11) is 0. The van der Waals surface area contributed by atoms with Crippen LogP contribution in [0.25, 0.3) is 22.3 Å². The van der Waals surface area contributed by atoms with E-state index in [2.05, 4.69) is 20.9 Å². The predicted molar refractivity (Wildman–Crippen MR) is 193 cm³/mol. The van der Waals surface area contributed by atoms with E-state index >= 15 is 0 Å². The van der Waals surface area contributed by atoms with Crippen LogP contribution in [0.1, 0.15) is 99.0 Å². The van der Waals surface area contributed by atoms with Gasteiger partial charge in [0, 0.05) is 42.5 Å². The Morgan fingerprint density at radius 2 is 1.49 bits per heavy atom. The number of nitrogens with one attached hydrogen (secondary N) is 3. The first-order valence-electron chi connectivity index (χ1n) is 17.4. The second-order valence-electron chi connectivity index (χ2n) is 16.3. The third-order valence-corrected chi connectivity index (χ3v) is 9.45. The van der Waals surface area contributed by atoms with Crippen LogP contribution < -0.4 is 16.0 Å². The van der Waals surface area contributed by atoms with E-state index in [4.69, 9.17) is 4.74 Å². The smallest absolute Gasteiger partial charge is 0.408 e. The number of amides is 3. The average molecular weight is 669 g/mol. The van der Waals surface area contributed by atoms with Crippen molar-refractivity contribution >= 4 is 23.7 Å². The molecule has 0 unspecified atom stereocenters. The molecule has 49 heavy (non-hydrogen) atoms. The van der Waals surface area contributed by atoms with Gasteiger partial charge in [-0.05, 0) is 87.6 Å². The predicted octanol–water partition coefficient (Wildman–Crippen LogP) is 7.73. The fourth-order valence-electron chi connectivity index (χ4n) is 7.06. The molecule has 2 saturated carbocycles. The van der Waals surface area contributed by atoms with Gasteiger partial charge in [-0.3, -0.25) is 9.59 Å². The minimum atomic E-state index is -0.887. The van der Waals surface area contributed by atoms with E-state index < -0.39 is 28.2 Å². The van der Waals surface area contributed by atoms with Crippen LogP contribution in [0, 0.1) is 11.3 Å². The molecular weight excluding hydrogens is 616 g/mol. The van der Waals surface area contributed by atoms with Gasteiger partial charge >= 0.3 is 6.09 Å². The quantitative estimate of drug-likeness (QED) is 0.194. The number of ether oxygens (including phenoxy) is 1. The van der Waals surface area contributed by atoms with Crippen LogP contribution in [-0.4, -0.2) is 45.2 Å².